The number of aryl methyl sites for hydroxylation is 2. The van der Waals surface area contributed by atoms with Crippen LogP contribution in [0.15, 0.2) is 18.2 Å². The molecule has 9 heteroatoms. The van der Waals surface area contributed by atoms with Crippen molar-refractivity contribution >= 4 is 23.9 Å². The van der Waals surface area contributed by atoms with Crippen LogP contribution in [0.2, 0.25) is 0 Å². The molecule has 0 aromatic heterocycles. The lowest BCUT2D eigenvalue weighted by Gasteiger charge is -2.32. The van der Waals surface area contributed by atoms with Crippen LogP contribution in [0.3, 0.4) is 0 Å². The second-order valence-corrected chi connectivity index (χ2v) is 8.04. The van der Waals surface area contributed by atoms with E-state index in [9.17, 15) is 19.2 Å². The van der Waals surface area contributed by atoms with Crippen LogP contribution in [0.1, 0.15) is 50.4 Å². The second kappa shape index (κ2) is 11.3. The van der Waals surface area contributed by atoms with Crippen molar-refractivity contribution < 1.29 is 28.7 Å². The van der Waals surface area contributed by atoms with Gasteiger partial charge >= 0.3 is 12.1 Å². The van der Waals surface area contributed by atoms with Crippen molar-refractivity contribution in [2.75, 3.05) is 26.7 Å². The van der Waals surface area contributed by atoms with Crippen LogP contribution in [0.5, 0.6) is 0 Å². The smallest absolute Gasteiger partial charge is 0.408 e. The molecular weight excluding hydrogens is 402 g/mol. The summed E-state index contributed by atoms with van der Waals surface area (Å²) in [5.41, 5.74) is 1.61. The van der Waals surface area contributed by atoms with E-state index in [0.717, 1.165) is 11.1 Å². The summed E-state index contributed by atoms with van der Waals surface area (Å²) in [6, 6.07) is 4.57. The van der Waals surface area contributed by atoms with Gasteiger partial charge in [-0.2, -0.15) is 0 Å². The van der Waals surface area contributed by atoms with Crippen molar-refractivity contribution in [3.8, 4) is 0 Å². The molecule has 31 heavy (non-hydrogen) atoms. The largest absolute Gasteiger partial charge is 0.468 e. The number of hydrogen-bond donors (Lipinski definition) is 2. The van der Waals surface area contributed by atoms with Gasteiger partial charge in [-0.15, -0.1) is 0 Å². The Hall–Kier alpha value is -3.10. The number of carbonyl (C=O) groups is 4. The number of methoxy groups -OCH3 is 1. The van der Waals surface area contributed by atoms with Crippen LogP contribution in [0, 0.1) is 13.8 Å². The van der Waals surface area contributed by atoms with Crippen molar-refractivity contribution in [2.24, 2.45) is 0 Å². The third kappa shape index (κ3) is 7.92. The van der Waals surface area contributed by atoms with Gasteiger partial charge in [-0.1, -0.05) is 18.2 Å². The van der Waals surface area contributed by atoms with Crippen LogP contribution in [-0.2, 0) is 23.9 Å². The number of nitrogens with one attached hydrogen (secondary N) is 2. The standard InChI is InChI=1S/C22H33N3O6/c1-8-25(16(26)12-24-21(29)31-22(4,5)6)19(20(28)23-13-17(27)30-7)18-14(2)10-9-11-15(18)3/h9-11,19H,8,12-13H2,1-7H3,(H,23,28)(H,24,29). The fourth-order valence-corrected chi connectivity index (χ4v) is 3.08. The molecule has 1 unspecified atom stereocenters. The number of alkyl carbamates (subject to hydrolysis) is 1. The molecule has 2 N–H and O–H groups in total. The van der Waals surface area contributed by atoms with Crippen LogP contribution < -0.4 is 10.6 Å². The minimum absolute atomic E-state index is 0.207. The van der Waals surface area contributed by atoms with E-state index in [2.05, 4.69) is 15.4 Å². The Morgan fingerprint density at radius 3 is 2.10 bits per heavy atom. The maximum atomic E-state index is 13.1. The van der Waals surface area contributed by atoms with E-state index in [1.807, 2.05) is 32.0 Å². The molecule has 0 bridgehead atoms. The molecule has 3 amide bonds. The third-order valence-corrected chi connectivity index (χ3v) is 4.45. The molecule has 0 fully saturated rings. The molecule has 0 aliphatic rings. The monoisotopic (exact) mass is 435 g/mol. The number of rotatable bonds is 8. The van der Waals surface area contributed by atoms with Crippen molar-refractivity contribution in [1.29, 1.82) is 0 Å². The van der Waals surface area contributed by atoms with Gasteiger partial charge in [-0.05, 0) is 58.2 Å². The molecule has 1 aromatic rings. The van der Waals surface area contributed by atoms with Gasteiger partial charge in [0, 0.05) is 6.54 Å². The summed E-state index contributed by atoms with van der Waals surface area (Å²) < 4.78 is 9.73. The number of hydrogen-bond acceptors (Lipinski definition) is 6. The number of benzene rings is 1. The van der Waals surface area contributed by atoms with Crippen molar-refractivity contribution in [2.45, 2.75) is 53.2 Å². The predicted octanol–water partition coefficient (Wildman–Crippen LogP) is 2.01. The lowest BCUT2D eigenvalue weighted by atomic mass is 9.94. The van der Waals surface area contributed by atoms with Gasteiger partial charge in [-0.3, -0.25) is 14.4 Å². The Morgan fingerprint density at radius 1 is 1.03 bits per heavy atom. The lowest BCUT2D eigenvalue weighted by molar-refractivity contribution is -0.143. The summed E-state index contributed by atoms with van der Waals surface area (Å²) in [5, 5.41) is 4.96. The molecule has 172 valence electrons. The second-order valence-electron chi connectivity index (χ2n) is 8.04. The molecular formula is C22H33N3O6. The maximum absolute atomic E-state index is 13.1. The molecule has 0 aliphatic carbocycles. The van der Waals surface area contributed by atoms with E-state index in [1.165, 1.54) is 12.0 Å². The normalized spacial score (nSPS) is 11.8. The molecule has 0 heterocycles. The first-order valence-corrected chi connectivity index (χ1v) is 10.1. The summed E-state index contributed by atoms with van der Waals surface area (Å²) in [7, 11) is 1.22. The zero-order valence-corrected chi connectivity index (χ0v) is 19.3. The van der Waals surface area contributed by atoms with E-state index in [1.54, 1.807) is 27.7 Å². The topological polar surface area (TPSA) is 114 Å². The number of amides is 3. The Morgan fingerprint density at radius 2 is 1.61 bits per heavy atom. The van der Waals surface area contributed by atoms with E-state index in [0.29, 0.717) is 5.56 Å². The Bertz CT molecular complexity index is 796. The summed E-state index contributed by atoms with van der Waals surface area (Å²) in [6.45, 7) is 10.1. The van der Waals surface area contributed by atoms with Gasteiger partial charge in [0.15, 0.2) is 0 Å². The number of esters is 1. The summed E-state index contributed by atoms with van der Waals surface area (Å²) >= 11 is 0. The van der Waals surface area contributed by atoms with Crippen LogP contribution >= 0.6 is 0 Å². The summed E-state index contributed by atoms with van der Waals surface area (Å²) in [6.07, 6.45) is -0.726. The molecule has 0 spiro atoms. The van der Waals surface area contributed by atoms with Crippen LogP contribution in [0.4, 0.5) is 4.79 Å². The molecule has 0 saturated carbocycles. The minimum atomic E-state index is -0.983. The van der Waals surface area contributed by atoms with Gasteiger partial charge in [0.1, 0.15) is 24.7 Å². The zero-order valence-electron chi connectivity index (χ0n) is 19.3. The highest BCUT2D eigenvalue weighted by Crippen LogP contribution is 2.27. The van der Waals surface area contributed by atoms with Crippen molar-refractivity contribution in [3.05, 3.63) is 34.9 Å². The van der Waals surface area contributed by atoms with E-state index < -0.39 is 35.5 Å². The number of ether oxygens (including phenoxy) is 2. The average molecular weight is 436 g/mol. The Labute approximate surface area is 183 Å². The van der Waals surface area contributed by atoms with Gasteiger partial charge in [0.05, 0.1) is 7.11 Å². The summed E-state index contributed by atoms with van der Waals surface area (Å²) in [5.74, 6) is -1.58. The van der Waals surface area contributed by atoms with E-state index >= 15 is 0 Å². The third-order valence-electron chi connectivity index (χ3n) is 4.45. The molecule has 0 saturated heterocycles. The first-order valence-electron chi connectivity index (χ1n) is 10.1. The first kappa shape index (κ1) is 25.9. The molecule has 1 aromatic carbocycles. The summed E-state index contributed by atoms with van der Waals surface area (Å²) in [4.78, 5) is 50.8. The fourth-order valence-electron chi connectivity index (χ4n) is 3.08. The maximum Gasteiger partial charge on any atom is 0.408 e. The average Bonchev–Trinajstić information content (AvgIpc) is 2.67. The fraction of sp³-hybridized carbons (Fsp3) is 0.545. The van der Waals surface area contributed by atoms with Crippen LogP contribution in [-0.4, -0.2) is 61.1 Å². The highest BCUT2D eigenvalue weighted by Gasteiger charge is 2.33. The quantitative estimate of drug-likeness (QED) is 0.604. The highest BCUT2D eigenvalue weighted by molar-refractivity contribution is 5.92. The van der Waals surface area contributed by atoms with Gasteiger partial charge in [-0.25, -0.2) is 4.79 Å². The van der Waals surface area contributed by atoms with Crippen molar-refractivity contribution in [1.82, 2.24) is 15.5 Å². The van der Waals surface area contributed by atoms with Crippen LogP contribution in [0.25, 0.3) is 0 Å². The molecule has 1 atom stereocenters. The Balaban J connectivity index is 3.16. The van der Waals surface area contributed by atoms with Gasteiger partial charge in [0.2, 0.25) is 11.8 Å². The van der Waals surface area contributed by atoms with Gasteiger partial charge < -0.3 is 25.0 Å². The zero-order chi connectivity index (χ0) is 23.8. The van der Waals surface area contributed by atoms with E-state index in [-0.39, 0.29) is 19.6 Å². The molecule has 0 radical (unpaired) electrons. The predicted molar refractivity (Wildman–Crippen MR) is 115 cm³/mol. The van der Waals surface area contributed by atoms with Gasteiger partial charge in [0.25, 0.3) is 0 Å². The SMILES string of the molecule is CCN(C(=O)CNC(=O)OC(C)(C)C)C(C(=O)NCC(=O)OC)c1c(C)cccc1C. The first-order chi connectivity index (χ1) is 14.4. The number of likely N-dealkylation sites (N-methyl/N-ethyl adjacent to an activating group) is 1. The lowest BCUT2D eigenvalue weighted by Crippen LogP contribution is -2.48. The number of carbonyl (C=O) groups excluding carboxylic acids is 4. The minimum Gasteiger partial charge on any atom is -0.468 e. The Kier molecular flexibility index (Phi) is 9.48. The molecule has 1 rings (SSSR count). The van der Waals surface area contributed by atoms with E-state index in [4.69, 9.17) is 4.74 Å². The number of nitrogens with zero attached hydrogens (tertiary/aromatic N) is 1. The molecule has 9 nitrogen and oxygen atoms in total. The molecule has 0 aliphatic heterocycles. The highest BCUT2D eigenvalue weighted by atomic mass is 16.6. The van der Waals surface area contributed by atoms with Crippen molar-refractivity contribution in [3.63, 3.8) is 0 Å².